The summed E-state index contributed by atoms with van der Waals surface area (Å²) in [5.41, 5.74) is -0.208. The molecule has 0 spiro atoms. The van der Waals surface area contributed by atoms with Crippen LogP contribution in [0.25, 0.3) is 0 Å². The minimum absolute atomic E-state index is 0.190. The molecular formula is C9H10ClN5O. The van der Waals surface area contributed by atoms with E-state index in [1.54, 1.807) is 0 Å². The van der Waals surface area contributed by atoms with Crippen LogP contribution in [-0.2, 0) is 13.6 Å². The molecule has 0 radical (unpaired) electrons. The van der Waals surface area contributed by atoms with Crippen LogP contribution >= 0.6 is 11.6 Å². The zero-order valence-electron chi connectivity index (χ0n) is 8.88. The van der Waals surface area contributed by atoms with E-state index in [4.69, 9.17) is 11.6 Å². The van der Waals surface area contributed by atoms with E-state index in [9.17, 15) is 4.79 Å². The zero-order valence-corrected chi connectivity index (χ0v) is 9.64. The Hall–Kier alpha value is -1.69. The van der Waals surface area contributed by atoms with Gasteiger partial charge in [-0.05, 0) is 6.92 Å². The van der Waals surface area contributed by atoms with Crippen LogP contribution in [0.2, 0.25) is 5.15 Å². The molecule has 6 nitrogen and oxygen atoms in total. The van der Waals surface area contributed by atoms with Gasteiger partial charge in [0.1, 0.15) is 11.0 Å². The van der Waals surface area contributed by atoms with Gasteiger partial charge in [0.05, 0.1) is 12.9 Å². The highest BCUT2D eigenvalue weighted by atomic mass is 35.5. The second-order valence-corrected chi connectivity index (χ2v) is 3.79. The van der Waals surface area contributed by atoms with Gasteiger partial charge in [0, 0.05) is 13.1 Å². The first-order valence-corrected chi connectivity index (χ1v) is 5.02. The van der Waals surface area contributed by atoms with Crippen molar-refractivity contribution in [3.8, 4) is 0 Å². The van der Waals surface area contributed by atoms with E-state index in [0.717, 1.165) is 5.82 Å². The first-order chi connectivity index (χ1) is 7.58. The molecule has 0 saturated carbocycles. The van der Waals surface area contributed by atoms with Gasteiger partial charge in [-0.15, -0.1) is 10.2 Å². The summed E-state index contributed by atoms with van der Waals surface area (Å²) in [7, 11) is 1.85. The Kier molecular flexibility index (Phi) is 2.74. The Labute approximate surface area is 96.5 Å². The van der Waals surface area contributed by atoms with E-state index in [0.29, 0.717) is 12.4 Å². The summed E-state index contributed by atoms with van der Waals surface area (Å²) in [6.07, 6.45) is 1.40. The standard InChI is InChI=1S/C9H10ClN5O/c1-6-12-13-8(14(6)2)4-15-5-11-7(10)3-9(15)16/h3,5H,4H2,1-2H3. The van der Waals surface area contributed by atoms with Gasteiger partial charge in [-0.2, -0.15) is 0 Å². The van der Waals surface area contributed by atoms with Gasteiger partial charge in [0.15, 0.2) is 5.82 Å². The maximum atomic E-state index is 11.5. The molecular weight excluding hydrogens is 230 g/mol. The van der Waals surface area contributed by atoms with Crippen molar-refractivity contribution >= 4 is 11.6 Å². The van der Waals surface area contributed by atoms with E-state index < -0.39 is 0 Å². The third-order valence-corrected chi connectivity index (χ3v) is 2.55. The molecule has 0 aliphatic carbocycles. The average Bonchev–Trinajstić information content (AvgIpc) is 2.54. The van der Waals surface area contributed by atoms with Gasteiger partial charge < -0.3 is 4.57 Å². The second-order valence-electron chi connectivity index (χ2n) is 3.40. The summed E-state index contributed by atoms with van der Waals surface area (Å²) in [4.78, 5) is 15.4. The van der Waals surface area contributed by atoms with Crippen LogP contribution in [0.1, 0.15) is 11.6 Å². The molecule has 7 heteroatoms. The Balaban J connectivity index is 2.34. The molecule has 0 aliphatic heterocycles. The van der Waals surface area contributed by atoms with Gasteiger partial charge in [-0.1, -0.05) is 11.6 Å². The van der Waals surface area contributed by atoms with E-state index in [2.05, 4.69) is 15.2 Å². The summed E-state index contributed by atoms with van der Waals surface area (Å²) < 4.78 is 3.25. The number of aromatic nitrogens is 5. The molecule has 2 aromatic rings. The number of aryl methyl sites for hydroxylation is 1. The predicted octanol–water partition coefficient (Wildman–Crippen LogP) is 0.382. The SMILES string of the molecule is Cc1nnc(Cn2cnc(Cl)cc2=O)n1C. The van der Waals surface area contributed by atoms with Crippen LogP contribution in [-0.4, -0.2) is 24.3 Å². The molecule has 2 heterocycles. The van der Waals surface area contributed by atoms with Gasteiger partial charge in [0.25, 0.3) is 5.56 Å². The molecule has 0 unspecified atom stereocenters. The highest BCUT2D eigenvalue weighted by Crippen LogP contribution is 2.01. The molecule has 0 fully saturated rings. The number of halogens is 1. The van der Waals surface area contributed by atoms with Crippen molar-refractivity contribution in [3.05, 3.63) is 39.5 Å². The summed E-state index contributed by atoms with van der Waals surface area (Å²) >= 11 is 5.60. The Morgan fingerprint density at radius 2 is 2.19 bits per heavy atom. The number of rotatable bonds is 2. The van der Waals surface area contributed by atoms with Crippen molar-refractivity contribution < 1.29 is 0 Å². The Morgan fingerprint density at radius 3 is 2.75 bits per heavy atom. The smallest absolute Gasteiger partial charge is 0.255 e. The average molecular weight is 240 g/mol. The molecule has 2 aromatic heterocycles. The lowest BCUT2D eigenvalue weighted by molar-refractivity contribution is 0.660. The van der Waals surface area contributed by atoms with Crippen molar-refractivity contribution in [1.29, 1.82) is 0 Å². The first-order valence-electron chi connectivity index (χ1n) is 4.65. The van der Waals surface area contributed by atoms with Crippen molar-refractivity contribution in [2.24, 2.45) is 7.05 Å². The van der Waals surface area contributed by atoms with Gasteiger partial charge in [-0.3, -0.25) is 9.36 Å². The van der Waals surface area contributed by atoms with Gasteiger partial charge in [-0.25, -0.2) is 4.98 Å². The second kappa shape index (κ2) is 4.05. The quantitative estimate of drug-likeness (QED) is 0.711. The number of hydrogen-bond acceptors (Lipinski definition) is 4. The van der Waals surface area contributed by atoms with Gasteiger partial charge in [0.2, 0.25) is 0 Å². The molecule has 0 atom stereocenters. The fraction of sp³-hybridized carbons (Fsp3) is 0.333. The van der Waals surface area contributed by atoms with Gasteiger partial charge >= 0.3 is 0 Å². The van der Waals surface area contributed by atoms with Crippen LogP contribution in [0.4, 0.5) is 0 Å². The van der Waals surface area contributed by atoms with Crippen LogP contribution in [0.15, 0.2) is 17.2 Å². The number of nitrogens with zero attached hydrogens (tertiary/aromatic N) is 5. The summed E-state index contributed by atoms with van der Waals surface area (Å²) in [6.45, 7) is 2.18. The fourth-order valence-electron chi connectivity index (χ4n) is 1.26. The lowest BCUT2D eigenvalue weighted by Gasteiger charge is -2.04. The maximum absolute atomic E-state index is 11.5. The first kappa shape index (κ1) is 10.8. The highest BCUT2D eigenvalue weighted by molar-refractivity contribution is 6.29. The molecule has 0 aromatic carbocycles. The van der Waals surface area contributed by atoms with Crippen LogP contribution in [0, 0.1) is 6.92 Å². The molecule has 0 bridgehead atoms. The third kappa shape index (κ3) is 1.96. The van der Waals surface area contributed by atoms with Crippen LogP contribution in [0.5, 0.6) is 0 Å². The molecule has 0 amide bonds. The highest BCUT2D eigenvalue weighted by Gasteiger charge is 2.06. The summed E-state index contributed by atoms with van der Waals surface area (Å²) in [5, 5.41) is 8.07. The topological polar surface area (TPSA) is 65.6 Å². The predicted molar refractivity (Wildman–Crippen MR) is 58.3 cm³/mol. The van der Waals surface area contributed by atoms with Crippen LogP contribution < -0.4 is 5.56 Å². The maximum Gasteiger partial charge on any atom is 0.255 e. The lowest BCUT2D eigenvalue weighted by atomic mass is 10.5. The van der Waals surface area contributed by atoms with Crippen molar-refractivity contribution in [1.82, 2.24) is 24.3 Å². The van der Waals surface area contributed by atoms with Crippen molar-refractivity contribution in [2.45, 2.75) is 13.5 Å². The Morgan fingerprint density at radius 1 is 1.44 bits per heavy atom. The largest absolute Gasteiger partial charge is 0.317 e. The van der Waals surface area contributed by atoms with E-state index >= 15 is 0 Å². The monoisotopic (exact) mass is 239 g/mol. The molecule has 84 valence electrons. The van der Waals surface area contributed by atoms with Crippen molar-refractivity contribution in [2.75, 3.05) is 0 Å². The van der Waals surface area contributed by atoms with E-state index in [1.807, 2.05) is 18.5 Å². The molecule has 16 heavy (non-hydrogen) atoms. The lowest BCUT2D eigenvalue weighted by Crippen LogP contribution is -2.21. The number of hydrogen-bond donors (Lipinski definition) is 0. The van der Waals surface area contributed by atoms with E-state index in [1.165, 1.54) is 17.0 Å². The minimum Gasteiger partial charge on any atom is -0.317 e. The Bertz CT molecular complexity index is 574. The van der Waals surface area contributed by atoms with Crippen molar-refractivity contribution in [3.63, 3.8) is 0 Å². The fourth-order valence-corrected chi connectivity index (χ4v) is 1.40. The molecule has 0 aliphatic rings. The molecule has 0 saturated heterocycles. The zero-order chi connectivity index (χ0) is 11.7. The normalized spacial score (nSPS) is 10.7. The summed E-state index contributed by atoms with van der Waals surface area (Å²) in [6, 6.07) is 1.27. The summed E-state index contributed by atoms with van der Waals surface area (Å²) in [5.74, 6) is 1.49. The minimum atomic E-state index is -0.208. The van der Waals surface area contributed by atoms with E-state index in [-0.39, 0.29) is 10.7 Å². The molecule has 2 rings (SSSR count). The third-order valence-electron chi connectivity index (χ3n) is 2.34. The molecule has 0 N–H and O–H groups in total. The van der Waals surface area contributed by atoms with Crippen LogP contribution in [0.3, 0.4) is 0 Å².